The molecule has 4 aromatic rings. The molecule has 8 nitrogen and oxygen atoms in total. The number of halogens is 3. The van der Waals surface area contributed by atoms with Crippen LogP contribution in [-0.2, 0) is 19.1 Å². The lowest BCUT2D eigenvalue weighted by Gasteiger charge is -2.26. The summed E-state index contributed by atoms with van der Waals surface area (Å²) in [6.45, 7) is 2.64. The lowest BCUT2D eigenvalue weighted by Crippen LogP contribution is -2.48. The van der Waals surface area contributed by atoms with Crippen LogP contribution < -0.4 is 15.5 Å². The largest absolute Gasteiger partial charge is 0.416 e. The molecule has 3 atom stereocenters. The van der Waals surface area contributed by atoms with Crippen LogP contribution in [0.1, 0.15) is 67.0 Å². The number of alkyl halides is 3. The molecular formula is C36H40F3N5O3S. The van der Waals surface area contributed by atoms with Crippen molar-refractivity contribution in [2.24, 2.45) is 0 Å². The number of nitrogens with zero attached hydrogens (tertiary/aromatic N) is 3. The molecule has 1 saturated heterocycles. The third kappa shape index (κ3) is 8.80. The molecule has 12 heteroatoms. The molecule has 1 aliphatic rings. The minimum absolute atomic E-state index is 0.0159. The fourth-order valence-electron chi connectivity index (χ4n) is 5.85. The maximum atomic E-state index is 13.9. The number of carbonyl (C=O) groups excluding carboxylic acids is 2. The second kappa shape index (κ2) is 15.3. The fourth-order valence-corrected chi connectivity index (χ4v) is 6.79. The Balaban J connectivity index is 1.34. The first-order chi connectivity index (χ1) is 22.9. The molecule has 1 aromatic heterocycles. The van der Waals surface area contributed by atoms with E-state index in [1.165, 1.54) is 6.07 Å². The summed E-state index contributed by atoms with van der Waals surface area (Å²) in [4.78, 5) is 36.0. The maximum Gasteiger partial charge on any atom is 0.416 e. The van der Waals surface area contributed by atoms with Crippen molar-refractivity contribution in [3.05, 3.63) is 117 Å². The summed E-state index contributed by atoms with van der Waals surface area (Å²) in [7, 11) is 3.67. The van der Waals surface area contributed by atoms with Crippen molar-refractivity contribution in [2.75, 3.05) is 32.1 Å². The van der Waals surface area contributed by atoms with Crippen molar-refractivity contribution in [3.8, 4) is 0 Å². The van der Waals surface area contributed by atoms with E-state index in [0.29, 0.717) is 29.8 Å². The van der Waals surface area contributed by atoms with Gasteiger partial charge in [-0.15, -0.1) is 11.3 Å². The van der Waals surface area contributed by atoms with E-state index in [4.69, 9.17) is 0 Å². The van der Waals surface area contributed by atoms with Gasteiger partial charge >= 0.3 is 6.18 Å². The van der Waals surface area contributed by atoms with E-state index in [-0.39, 0.29) is 30.6 Å². The van der Waals surface area contributed by atoms with Gasteiger partial charge in [0.1, 0.15) is 5.01 Å². The molecular weight excluding hydrogens is 639 g/mol. The molecule has 3 N–H and O–H groups in total. The van der Waals surface area contributed by atoms with Crippen molar-refractivity contribution >= 4 is 28.8 Å². The Hall–Kier alpha value is -4.26. The summed E-state index contributed by atoms with van der Waals surface area (Å²) in [5.74, 6) is -0.637. The highest BCUT2D eigenvalue weighted by Crippen LogP contribution is 2.35. The van der Waals surface area contributed by atoms with Gasteiger partial charge in [0, 0.05) is 61.6 Å². The highest BCUT2D eigenvalue weighted by Gasteiger charge is 2.33. The van der Waals surface area contributed by atoms with E-state index in [9.17, 15) is 27.9 Å². The van der Waals surface area contributed by atoms with Crippen LogP contribution in [0.5, 0.6) is 0 Å². The lowest BCUT2D eigenvalue weighted by atomic mass is 9.99. The number of aliphatic hydroxyl groups excluding tert-OH is 1. The number of rotatable bonds is 12. The third-order valence-corrected chi connectivity index (χ3v) is 9.46. The molecule has 1 fully saturated rings. The number of carbonyl (C=O) groups is 2. The first kappa shape index (κ1) is 35.1. The highest BCUT2D eigenvalue weighted by atomic mass is 32.1. The van der Waals surface area contributed by atoms with E-state index in [1.807, 2.05) is 66.5 Å². The average molecular weight is 680 g/mol. The number of likely N-dealkylation sites (tertiary alicyclic amines) is 1. The predicted octanol–water partition coefficient (Wildman–Crippen LogP) is 6.01. The van der Waals surface area contributed by atoms with E-state index < -0.39 is 29.8 Å². The molecule has 0 radical (unpaired) electrons. The van der Waals surface area contributed by atoms with Gasteiger partial charge in [-0.2, -0.15) is 13.2 Å². The maximum absolute atomic E-state index is 13.9. The molecule has 0 bridgehead atoms. The first-order valence-corrected chi connectivity index (χ1v) is 16.7. The number of aliphatic hydroxyl groups is 1. The normalized spacial score (nSPS) is 16.1. The molecule has 254 valence electrons. The summed E-state index contributed by atoms with van der Waals surface area (Å²) < 4.78 is 39.5. The topological polar surface area (TPSA) is 97.8 Å². The second-order valence-electron chi connectivity index (χ2n) is 12.3. The minimum atomic E-state index is -4.45. The average Bonchev–Trinajstić information content (AvgIpc) is 3.73. The summed E-state index contributed by atoms with van der Waals surface area (Å²) in [6.07, 6.45) is -3.55. The fraction of sp³-hybridized carbons (Fsp3) is 0.361. The first-order valence-electron chi connectivity index (χ1n) is 15.8. The Bertz CT molecular complexity index is 1710. The Labute approximate surface area is 282 Å². The molecule has 1 aliphatic heterocycles. The Morgan fingerprint density at radius 3 is 2.46 bits per heavy atom. The predicted molar refractivity (Wildman–Crippen MR) is 181 cm³/mol. The zero-order chi connectivity index (χ0) is 34.4. The number of hydrogen-bond donors (Lipinski definition) is 3. The third-order valence-electron chi connectivity index (χ3n) is 8.40. The Morgan fingerprint density at radius 2 is 1.77 bits per heavy atom. The van der Waals surface area contributed by atoms with Crippen LogP contribution in [0.15, 0.2) is 78.2 Å². The summed E-state index contributed by atoms with van der Waals surface area (Å²) in [6, 6.07) is 18.6. The SMILES string of the molecule is Cc1csc(C2CCCN2C(=O)c2cc(C(=O)NC(Cc3ccccc3)C(O)CNCc3cccc(C(F)(F)F)c3)cc(N(C)C)c2)n1. The number of nitrogens with one attached hydrogen (secondary N) is 2. The highest BCUT2D eigenvalue weighted by molar-refractivity contribution is 7.09. The van der Waals surface area contributed by atoms with Crippen molar-refractivity contribution in [3.63, 3.8) is 0 Å². The zero-order valence-corrected chi connectivity index (χ0v) is 27.9. The lowest BCUT2D eigenvalue weighted by molar-refractivity contribution is -0.137. The summed E-state index contributed by atoms with van der Waals surface area (Å²) in [5.41, 5.74) is 2.81. The molecule has 48 heavy (non-hydrogen) atoms. The van der Waals surface area contributed by atoms with Crippen LogP contribution in [0.25, 0.3) is 0 Å². The summed E-state index contributed by atoms with van der Waals surface area (Å²) in [5, 5.41) is 20.1. The summed E-state index contributed by atoms with van der Waals surface area (Å²) >= 11 is 1.54. The Kier molecular flexibility index (Phi) is 11.2. The van der Waals surface area contributed by atoms with E-state index >= 15 is 0 Å². The minimum Gasteiger partial charge on any atom is -0.390 e. The van der Waals surface area contributed by atoms with Gasteiger partial charge < -0.3 is 25.5 Å². The van der Waals surface area contributed by atoms with Gasteiger partial charge in [-0.1, -0.05) is 48.5 Å². The molecule has 0 saturated carbocycles. The van der Waals surface area contributed by atoms with Crippen LogP contribution >= 0.6 is 11.3 Å². The van der Waals surface area contributed by atoms with Gasteiger partial charge in [0.05, 0.1) is 23.8 Å². The van der Waals surface area contributed by atoms with Gasteiger partial charge in [-0.05, 0) is 61.6 Å². The number of benzene rings is 3. The van der Waals surface area contributed by atoms with Crippen LogP contribution in [0, 0.1) is 6.92 Å². The van der Waals surface area contributed by atoms with Crippen molar-refractivity contribution < 1.29 is 27.9 Å². The number of aromatic nitrogens is 1. The van der Waals surface area contributed by atoms with Crippen LogP contribution in [-0.4, -0.2) is 66.1 Å². The van der Waals surface area contributed by atoms with Gasteiger partial charge in [0.15, 0.2) is 0 Å². The molecule has 0 spiro atoms. The monoisotopic (exact) mass is 679 g/mol. The van der Waals surface area contributed by atoms with Gasteiger partial charge in [0.25, 0.3) is 11.8 Å². The number of hydrogen-bond acceptors (Lipinski definition) is 7. The molecule has 5 rings (SSSR count). The quantitative estimate of drug-likeness (QED) is 0.170. The van der Waals surface area contributed by atoms with Gasteiger partial charge in [-0.25, -0.2) is 4.98 Å². The van der Waals surface area contributed by atoms with Crippen LogP contribution in [0.4, 0.5) is 18.9 Å². The molecule has 3 aromatic carbocycles. The molecule has 2 heterocycles. The molecule has 2 amide bonds. The van der Waals surface area contributed by atoms with Crippen molar-refractivity contribution in [1.82, 2.24) is 20.5 Å². The number of aryl methyl sites for hydroxylation is 1. The standard InChI is InChI=1S/C36H40F3N5O3S/c1-23-22-48-34(41-23)31-13-8-14-44(31)35(47)27-17-26(18-29(19-27)43(2)3)33(46)42-30(16-24-9-5-4-6-10-24)32(45)21-40-20-25-11-7-12-28(15-25)36(37,38)39/h4-7,9-12,15,17-19,22,30-32,40,45H,8,13-14,16,20-21H2,1-3H3,(H,42,46). The molecule has 0 aliphatic carbocycles. The van der Waals surface area contributed by atoms with E-state index in [1.54, 1.807) is 35.6 Å². The van der Waals surface area contributed by atoms with E-state index in [0.717, 1.165) is 41.2 Å². The number of amides is 2. The second-order valence-corrected chi connectivity index (χ2v) is 13.2. The van der Waals surface area contributed by atoms with Gasteiger partial charge in [-0.3, -0.25) is 9.59 Å². The van der Waals surface area contributed by atoms with Crippen molar-refractivity contribution in [2.45, 2.75) is 57.1 Å². The number of thiazole rings is 1. The Morgan fingerprint density at radius 1 is 1.04 bits per heavy atom. The van der Waals surface area contributed by atoms with E-state index in [2.05, 4.69) is 15.6 Å². The zero-order valence-electron chi connectivity index (χ0n) is 27.1. The van der Waals surface area contributed by atoms with Crippen molar-refractivity contribution in [1.29, 1.82) is 0 Å². The smallest absolute Gasteiger partial charge is 0.390 e. The van der Waals surface area contributed by atoms with Gasteiger partial charge in [0.2, 0.25) is 0 Å². The van der Waals surface area contributed by atoms with Crippen LogP contribution in [0.2, 0.25) is 0 Å². The van der Waals surface area contributed by atoms with Crippen LogP contribution in [0.3, 0.4) is 0 Å². The number of anilines is 1. The molecule has 3 unspecified atom stereocenters.